The summed E-state index contributed by atoms with van der Waals surface area (Å²) in [6, 6.07) is 2.41. The molecule has 0 saturated heterocycles. The molecular formula is C24H28N2O7. The summed E-state index contributed by atoms with van der Waals surface area (Å²) in [7, 11) is 3.11. The number of carbonyl (C=O) groups excluding carboxylic acids is 5. The molecule has 0 radical (unpaired) electrons. The number of fused-ring (bicyclic) bond motifs is 3. The van der Waals surface area contributed by atoms with Crippen LogP contribution in [0.2, 0.25) is 0 Å². The second kappa shape index (κ2) is 7.56. The van der Waals surface area contributed by atoms with Crippen molar-refractivity contribution in [3.8, 4) is 5.75 Å². The van der Waals surface area contributed by atoms with Gasteiger partial charge in [0.05, 0.1) is 17.5 Å². The number of ketones is 4. The summed E-state index contributed by atoms with van der Waals surface area (Å²) in [5.74, 6) is -10.2. The van der Waals surface area contributed by atoms with E-state index in [1.54, 1.807) is 26.2 Å². The molecule has 0 bridgehead atoms. The Kier molecular flexibility index (Phi) is 5.33. The number of Topliss-reactive ketones (excluding diaryl/α,β-unsaturated/α-hetero) is 4. The number of hydrogen-bond donors (Lipinski definition) is 3. The minimum atomic E-state index is -2.69. The second-order valence-corrected chi connectivity index (χ2v) is 9.98. The van der Waals surface area contributed by atoms with Crippen molar-refractivity contribution in [3.63, 3.8) is 0 Å². The smallest absolute Gasteiger partial charge is 0.235 e. The van der Waals surface area contributed by atoms with Crippen molar-refractivity contribution in [2.45, 2.75) is 44.2 Å². The summed E-state index contributed by atoms with van der Waals surface area (Å²) in [4.78, 5) is 66.8. The molecule has 3 aliphatic carbocycles. The number of benzene rings is 1. The lowest BCUT2D eigenvalue weighted by molar-refractivity contribution is -0.181. The van der Waals surface area contributed by atoms with E-state index >= 15 is 0 Å². The number of phenolic OH excluding ortho intramolecular Hbond substituents is 1. The van der Waals surface area contributed by atoms with Crippen molar-refractivity contribution >= 4 is 29.0 Å². The van der Waals surface area contributed by atoms with Crippen LogP contribution in [0.3, 0.4) is 0 Å². The van der Waals surface area contributed by atoms with E-state index in [1.807, 2.05) is 13.8 Å². The second-order valence-electron chi connectivity index (χ2n) is 9.98. The average molecular weight is 456 g/mol. The zero-order valence-electron chi connectivity index (χ0n) is 19.0. The molecule has 0 aromatic heterocycles. The highest BCUT2D eigenvalue weighted by atomic mass is 16.3. The van der Waals surface area contributed by atoms with Gasteiger partial charge in [-0.3, -0.25) is 28.9 Å². The molecule has 0 spiro atoms. The summed E-state index contributed by atoms with van der Waals surface area (Å²) < 4.78 is 0. The van der Waals surface area contributed by atoms with Gasteiger partial charge in [0.2, 0.25) is 5.91 Å². The van der Waals surface area contributed by atoms with Gasteiger partial charge < -0.3 is 15.9 Å². The molecule has 2 unspecified atom stereocenters. The van der Waals surface area contributed by atoms with Crippen LogP contribution in [0.1, 0.15) is 47.7 Å². The molecule has 0 aliphatic heterocycles. The Labute approximate surface area is 190 Å². The highest BCUT2D eigenvalue weighted by Gasteiger charge is 2.69. The van der Waals surface area contributed by atoms with Gasteiger partial charge in [0.1, 0.15) is 5.75 Å². The molecule has 2 saturated carbocycles. The van der Waals surface area contributed by atoms with Crippen LogP contribution in [0, 0.1) is 23.7 Å². The highest BCUT2D eigenvalue weighted by molar-refractivity contribution is 6.32. The van der Waals surface area contributed by atoms with Crippen molar-refractivity contribution in [2.75, 3.05) is 14.1 Å². The van der Waals surface area contributed by atoms with E-state index in [0.717, 1.165) is 0 Å². The van der Waals surface area contributed by atoms with E-state index < -0.39 is 64.4 Å². The molecule has 2 fully saturated rings. The minimum absolute atomic E-state index is 0.0350. The van der Waals surface area contributed by atoms with E-state index in [1.165, 1.54) is 4.90 Å². The Balaban J connectivity index is 1.86. The summed E-state index contributed by atoms with van der Waals surface area (Å²) in [5, 5.41) is 22.3. The number of hydrogen-bond acceptors (Lipinski definition) is 8. The Hall–Kier alpha value is -2.91. The van der Waals surface area contributed by atoms with E-state index in [2.05, 4.69) is 0 Å². The third kappa shape index (κ3) is 3.02. The Morgan fingerprint density at radius 1 is 1.15 bits per heavy atom. The number of rotatable bonds is 3. The number of aromatic hydroxyl groups is 1. The highest BCUT2D eigenvalue weighted by Crippen LogP contribution is 2.51. The van der Waals surface area contributed by atoms with Crippen LogP contribution in [-0.2, 0) is 25.6 Å². The number of aliphatic hydroxyl groups is 1. The van der Waals surface area contributed by atoms with E-state index in [0.29, 0.717) is 11.1 Å². The van der Waals surface area contributed by atoms with Crippen LogP contribution >= 0.6 is 0 Å². The Morgan fingerprint density at radius 2 is 1.79 bits per heavy atom. The number of likely N-dealkylation sites (N-methyl/N-ethyl adjacent to an activating group) is 1. The summed E-state index contributed by atoms with van der Waals surface area (Å²) >= 11 is 0. The lowest BCUT2D eigenvalue weighted by Crippen LogP contribution is -2.74. The van der Waals surface area contributed by atoms with Crippen molar-refractivity contribution < 1.29 is 34.2 Å². The van der Waals surface area contributed by atoms with Crippen LogP contribution in [-0.4, -0.2) is 69.9 Å². The zero-order chi connectivity index (χ0) is 24.6. The topological polar surface area (TPSA) is 155 Å². The molecule has 33 heavy (non-hydrogen) atoms. The summed E-state index contributed by atoms with van der Waals surface area (Å²) in [6.45, 7) is 3.72. The third-order valence-corrected chi connectivity index (χ3v) is 7.59. The lowest BCUT2D eigenvalue weighted by atomic mass is 9.52. The summed E-state index contributed by atoms with van der Waals surface area (Å²) in [6.07, 6.45) is 0.328. The lowest BCUT2D eigenvalue weighted by Gasteiger charge is -2.52. The van der Waals surface area contributed by atoms with E-state index in [-0.39, 0.29) is 30.1 Å². The van der Waals surface area contributed by atoms with Crippen molar-refractivity contribution in [1.82, 2.24) is 4.90 Å². The minimum Gasteiger partial charge on any atom is -0.507 e. The predicted molar refractivity (Wildman–Crippen MR) is 115 cm³/mol. The van der Waals surface area contributed by atoms with Gasteiger partial charge >= 0.3 is 0 Å². The Bertz CT molecular complexity index is 1110. The molecule has 6 atom stereocenters. The van der Waals surface area contributed by atoms with E-state index in [9.17, 15) is 34.2 Å². The maximum atomic E-state index is 13.7. The molecule has 9 heteroatoms. The molecule has 4 N–H and O–H groups in total. The molecular weight excluding hydrogens is 428 g/mol. The molecule has 1 amide bonds. The van der Waals surface area contributed by atoms with Gasteiger partial charge in [-0.1, -0.05) is 26.0 Å². The molecule has 0 heterocycles. The molecule has 176 valence electrons. The van der Waals surface area contributed by atoms with Gasteiger partial charge in [-0.2, -0.15) is 0 Å². The number of phenols is 1. The third-order valence-electron chi connectivity index (χ3n) is 7.59. The molecule has 1 aromatic rings. The van der Waals surface area contributed by atoms with Crippen molar-refractivity contribution in [3.05, 3.63) is 28.8 Å². The fraction of sp³-hybridized carbons (Fsp3) is 0.542. The number of carbonyl (C=O) groups is 5. The number of nitrogens with zero attached hydrogens (tertiary/aromatic N) is 1. The van der Waals surface area contributed by atoms with Crippen LogP contribution in [0.15, 0.2) is 12.1 Å². The van der Waals surface area contributed by atoms with Gasteiger partial charge in [0.25, 0.3) is 0 Å². The first kappa shape index (κ1) is 23.3. The van der Waals surface area contributed by atoms with Crippen molar-refractivity contribution in [2.24, 2.45) is 29.4 Å². The first-order valence-electron chi connectivity index (χ1n) is 11.0. The summed E-state index contributed by atoms with van der Waals surface area (Å²) in [5.41, 5.74) is 3.79. The molecule has 4 rings (SSSR count). The van der Waals surface area contributed by atoms with Gasteiger partial charge in [-0.05, 0) is 49.9 Å². The standard InChI is InChI=1S/C24H28N2O7/c1-9(2)12-6-5-10-7-11-8-13-17(26(3)4)20(29)16(23(25)32)22(31)24(13,33)21(30)15(11)19(28)14(10)18(12)27/h5-6,9,11,13,15-17,27,33H,7-8H2,1-4H3,(H2,25,32)/t11-,13-,15?,16?,17-,24-/m0/s1. The molecule has 1 aromatic carbocycles. The number of primary amides is 1. The normalized spacial score (nSPS) is 33.7. The predicted octanol–water partition coefficient (Wildman–Crippen LogP) is -0.00960. The SMILES string of the molecule is CC(C)c1ccc2c(c1O)C(=O)C1C(=O)[C@]3(O)C(=O)C(C(N)=O)C(=O)[C@@H](N(C)C)[C@@H]3C[C@@H]1C2. The maximum absolute atomic E-state index is 13.7. The van der Waals surface area contributed by atoms with Crippen LogP contribution in [0.4, 0.5) is 0 Å². The van der Waals surface area contributed by atoms with Crippen molar-refractivity contribution in [1.29, 1.82) is 0 Å². The number of amides is 1. The fourth-order valence-corrected chi connectivity index (χ4v) is 6.06. The van der Waals surface area contributed by atoms with Gasteiger partial charge in [-0.25, -0.2) is 0 Å². The maximum Gasteiger partial charge on any atom is 0.235 e. The van der Waals surface area contributed by atoms with Crippen LogP contribution in [0.25, 0.3) is 0 Å². The Morgan fingerprint density at radius 3 is 2.33 bits per heavy atom. The zero-order valence-corrected chi connectivity index (χ0v) is 19.0. The van der Waals surface area contributed by atoms with Crippen LogP contribution < -0.4 is 5.73 Å². The quantitative estimate of drug-likeness (QED) is 0.537. The van der Waals surface area contributed by atoms with Gasteiger partial charge in [-0.15, -0.1) is 0 Å². The first-order valence-corrected chi connectivity index (χ1v) is 11.0. The van der Waals surface area contributed by atoms with Crippen LogP contribution in [0.5, 0.6) is 5.75 Å². The van der Waals surface area contributed by atoms with Gasteiger partial charge in [0, 0.05) is 5.92 Å². The fourth-order valence-electron chi connectivity index (χ4n) is 6.06. The molecule has 9 nitrogen and oxygen atoms in total. The first-order chi connectivity index (χ1) is 15.3. The number of nitrogens with two attached hydrogens (primary N) is 1. The van der Waals surface area contributed by atoms with Gasteiger partial charge in [0.15, 0.2) is 34.7 Å². The monoisotopic (exact) mass is 456 g/mol. The largest absolute Gasteiger partial charge is 0.507 e. The molecule has 3 aliphatic rings. The van der Waals surface area contributed by atoms with E-state index in [4.69, 9.17) is 5.73 Å². The average Bonchev–Trinajstić information content (AvgIpc) is 2.70.